The zero-order valence-corrected chi connectivity index (χ0v) is 12.0. The summed E-state index contributed by atoms with van der Waals surface area (Å²) < 4.78 is 16.4. The fourth-order valence-corrected chi connectivity index (χ4v) is 2.58. The average molecular weight is 283 g/mol. The van der Waals surface area contributed by atoms with Gasteiger partial charge < -0.3 is 19.6 Å². The lowest BCUT2D eigenvalue weighted by Gasteiger charge is -2.18. The summed E-state index contributed by atoms with van der Waals surface area (Å²) in [4.78, 5) is 0. The summed E-state index contributed by atoms with van der Waals surface area (Å²) in [5.74, 6) is 1.40. The summed E-state index contributed by atoms with van der Waals surface area (Å²) in [5.41, 5.74) is 9.00. The minimum Gasteiger partial charge on any atom is -0.496 e. The summed E-state index contributed by atoms with van der Waals surface area (Å²) in [6.45, 7) is 0. The van der Waals surface area contributed by atoms with Crippen molar-refractivity contribution in [2.75, 3.05) is 14.2 Å². The minimum absolute atomic E-state index is 0.389. The van der Waals surface area contributed by atoms with Crippen LogP contribution in [-0.4, -0.2) is 14.2 Å². The van der Waals surface area contributed by atoms with Crippen LogP contribution in [-0.2, 0) is 0 Å². The Morgan fingerprint density at radius 3 is 2.29 bits per heavy atom. The van der Waals surface area contributed by atoms with Crippen molar-refractivity contribution >= 4 is 11.0 Å². The lowest BCUT2D eigenvalue weighted by molar-refractivity contribution is 0.382. The van der Waals surface area contributed by atoms with Crippen LogP contribution < -0.4 is 15.2 Å². The Labute approximate surface area is 123 Å². The summed E-state index contributed by atoms with van der Waals surface area (Å²) in [7, 11) is 3.25. The maximum absolute atomic E-state index is 6.46. The fraction of sp³-hybridized carbons (Fsp3) is 0.176. The highest BCUT2D eigenvalue weighted by molar-refractivity contribution is 5.82. The van der Waals surface area contributed by atoms with Crippen molar-refractivity contribution in [1.29, 1.82) is 0 Å². The Bertz CT molecular complexity index is 741. The number of methoxy groups -OCH3 is 2. The number of ether oxygens (including phenoxy) is 2. The molecular formula is C17H17NO3. The van der Waals surface area contributed by atoms with E-state index in [4.69, 9.17) is 19.6 Å². The highest BCUT2D eigenvalue weighted by Gasteiger charge is 2.22. The van der Waals surface area contributed by atoms with E-state index in [-0.39, 0.29) is 6.04 Å². The van der Waals surface area contributed by atoms with Crippen LogP contribution in [0.25, 0.3) is 11.0 Å². The van der Waals surface area contributed by atoms with Crippen LogP contribution in [0.4, 0.5) is 0 Å². The van der Waals surface area contributed by atoms with Gasteiger partial charge in [-0.15, -0.1) is 0 Å². The average Bonchev–Trinajstić information content (AvgIpc) is 2.97. The summed E-state index contributed by atoms with van der Waals surface area (Å²) in [5, 5.41) is 0.998. The third kappa shape index (κ3) is 2.23. The molecule has 0 saturated carbocycles. The molecule has 2 aromatic carbocycles. The van der Waals surface area contributed by atoms with E-state index in [0.717, 1.165) is 22.1 Å². The SMILES string of the molecule is COc1cccc(OC)c1C(N)c1coc2ccccc12. The maximum atomic E-state index is 6.46. The van der Waals surface area contributed by atoms with E-state index in [1.165, 1.54) is 0 Å². The zero-order chi connectivity index (χ0) is 14.8. The topological polar surface area (TPSA) is 57.6 Å². The van der Waals surface area contributed by atoms with E-state index >= 15 is 0 Å². The van der Waals surface area contributed by atoms with Crippen molar-refractivity contribution in [2.45, 2.75) is 6.04 Å². The van der Waals surface area contributed by atoms with Gasteiger partial charge in [-0.3, -0.25) is 0 Å². The van der Waals surface area contributed by atoms with E-state index < -0.39 is 0 Å². The molecule has 2 N–H and O–H groups in total. The largest absolute Gasteiger partial charge is 0.496 e. The quantitative estimate of drug-likeness (QED) is 0.796. The van der Waals surface area contributed by atoms with Crippen molar-refractivity contribution in [1.82, 2.24) is 0 Å². The van der Waals surface area contributed by atoms with Gasteiger partial charge in [0, 0.05) is 10.9 Å². The normalized spacial score (nSPS) is 12.3. The second-order valence-corrected chi connectivity index (χ2v) is 4.74. The van der Waals surface area contributed by atoms with E-state index in [2.05, 4.69) is 0 Å². The van der Waals surface area contributed by atoms with Gasteiger partial charge in [0.15, 0.2) is 0 Å². The van der Waals surface area contributed by atoms with Crippen molar-refractivity contribution in [3.05, 3.63) is 59.9 Å². The number of fused-ring (bicyclic) bond motifs is 1. The molecule has 21 heavy (non-hydrogen) atoms. The molecular weight excluding hydrogens is 266 g/mol. The summed E-state index contributed by atoms with van der Waals surface area (Å²) >= 11 is 0. The molecule has 0 bridgehead atoms. The van der Waals surface area contributed by atoms with Gasteiger partial charge in [-0.2, -0.15) is 0 Å². The predicted octanol–water partition coefficient (Wildman–Crippen LogP) is 3.50. The lowest BCUT2D eigenvalue weighted by atomic mass is 9.97. The van der Waals surface area contributed by atoms with E-state index in [0.29, 0.717) is 11.5 Å². The van der Waals surface area contributed by atoms with Crippen molar-refractivity contribution in [2.24, 2.45) is 5.73 Å². The summed E-state index contributed by atoms with van der Waals surface area (Å²) in [6, 6.07) is 13.1. The highest BCUT2D eigenvalue weighted by atomic mass is 16.5. The van der Waals surface area contributed by atoms with Gasteiger partial charge in [0.1, 0.15) is 17.1 Å². The maximum Gasteiger partial charge on any atom is 0.134 e. The van der Waals surface area contributed by atoms with Crippen LogP contribution in [0.1, 0.15) is 17.2 Å². The van der Waals surface area contributed by atoms with Gasteiger partial charge in [-0.25, -0.2) is 0 Å². The molecule has 3 rings (SSSR count). The van der Waals surface area contributed by atoms with Crippen LogP contribution in [0.15, 0.2) is 53.1 Å². The van der Waals surface area contributed by atoms with E-state index in [9.17, 15) is 0 Å². The molecule has 0 aliphatic heterocycles. The number of nitrogens with two attached hydrogens (primary N) is 1. The third-order valence-corrected chi connectivity index (χ3v) is 3.62. The molecule has 4 nitrogen and oxygen atoms in total. The van der Waals surface area contributed by atoms with Gasteiger partial charge in [-0.05, 0) is 18.2 Å². The molecule has 1 unspecified atom stereocenters. The van der Waals surface area contributed by atoms with Gasteiger partial charge >= 0.3 is 0 Å². The molecule has 0 fully saturated rings. The van der Waals surface area contributed by atoms with Crippen LogP contribution in [0.5, 0.6) is 11.5 Å². The Kier molecular flexibility index (Phi) is 3.54. The molecule has 0 radical (unpaired) electrons. The molecule has 0 aliphatic rings. The van der Waals surface area contributed by atoms with Crippen LogP contribution in [0, 0.1) is 0 Å². The first-order valence-corrected chi connectivity index (χ1v) is 6.69. The molecule has 108 valence electrons. The third-order valence-electron chi connectivity index (χ3n) is 3.62. The fourth-order valence-electron chi connectivity index (χ4n) is 2.58. The van der Waals surface area contributed by atoms with Crippen LogP contribution in [0.2, 0.25) is 0 Å². The molecule has 0 spiro atoms. The molecule has 3 aromatic rings. The molecule has 4 heteroatoms. The Morgan fingerprint density at radius 2 is 1.62 bits per heavy atom. The molecule has 0 aliphatic carbocycles. The number of hydrogen-bond donors (Lipinski definition) is 1. The highest BCUT2D eigenvalue weighted by Crippen LogP contribution is 2.38. The second-order valence-electron chi connectivity index (χ2n) is 4.74. The van der Waals surface area contributed by atoms with Gasteiger partial charge in [-0.1, -0.05) is 24.3 Å². The van der Waals surface area contributed by atoms with E-state index in [1.807, 2.05) is 42.5 Å². The Balaban J connectivity index is 2.16. The molecule has 0 saturated heterocycles. The number of benzene rings is 2. The van der Waals surface area contributed by atoms with Gasteiger partial charge in [0.05, 0.1) is 32.1 Å². The Hall–Kier alpha value is -2.46. The number of para-hydroxylation sites is 1. The molecule has 1 atom stereocenters. The van der Waals surface area contributed by atoms with E-state index in [1.54, 1.807) is 20.5 Å². The Morgan fingerprint density at radius 1 is 0.952 bits per heavy atom. The number of furan rings is 1. The van der Waals surface area contributed by atoms with Gasteiger partial charge in [0.2, 0.25) is 0 Å². The minimum atomic E-state index is -0.389. The molecule has 1 heterocycles. The zero-order valence-electron chi connectivity index (χ0n) is 12.0. The smallest absolute Gasteiger partial charge is 0.134 e. The standard InChI is InChI=1S/C17H17NO3/c1-19-14-8-5-9-15(20-2)16(14)17(18)12-10-21-13-7-4-3-6-11(12)13/h3-10,17H,18H2,1-2H3. The van der Waals surface area contributed by atoms with Crippen molar-refractivity contribution in [3.63, 3.8) is 0 Å². The number of rotatable bonds is 4. The molecule has 1 aromatic heterocycles. The van der Waals surface area contributed by atoms with Crippen molar-refractivity contribution < 1.29 is 13.9 Å². The van der Waals surface area contributed by atoms with Crippen molar-refractivity contribution in [3.8, 4) is 11.5 Å². The van der Waals surface area contributed by atoms with Gasteiger partial charge in [0.25, 0.3) is 0 Å². The first-order chi connectivity index (χ1) is 10.3. The first-order valence-electron chi connectivity index (χ1n) is 6.69. The van der Waals surface area contributed by atoms with Crippen LogP contribution >= 0.6 is 0 Å². The number of hydrogen-bond acceptors (Lipinski definition) is 4. The first kappa shape index (κ1) is 13.5. The monoisotopic (exact) mass is 283 g/mol. The summed E-state index contributed by atoms with van der Waals surface area (Å²) in [6.07, 6.45) is 1.70. The molecule has 0 amide bonds. The second kappa shape index (κ2) is 5.50. The van der Waals surface area contributed by atoms with Crippen LogP contribution in [0.3, 0.4) is 0 Å². The predicted molar refractivity (Wildman–Crippen MR) is 81.8 cm³/mol. The lowest BCUT2D eigenvalue weighted by Crippen LogP contribution is -2.14.